The predicted octanol–water partition coefficient (Wildman–Crippen LogP) is 8.62. The van der Waals surface area contributed by atoms with E-state index in [1.165, 1.54) is 11.8 Å². The van der Waals surface area contributed by atoms with E-state index in [0.29, 0.717) is 41.9 Å². The van der Waals surface area contributed by atoms with Crippen LogP contribution < -0.4 is 9.47 Å². The lowest BCUT2D eigenvalue weighted by atomic mass is 10.2. The number of rotatable bonds is 7. The maximum Gasteiger partial charge on any atom is 0.266 e. The average molecular weight is 627 g/mol. The molecule has 186 valence electrons. The Morgan fingerprint density at radius 3 is 2.44 bits per heavy atom. The lowest BCUT2D eigenvalue weighted by molar-refractivity contribution is -0.122. The minimum Gasteiger partial charge on any atom is -0.497 e. The van der Waals surface area contributed by atoms with Gasteiger partial charge in [-0.05, 0) is 94.8 Å². The van der Waals surface area contributed by atoms with Gasteiger partial charge < -0.3 is 9.47 Å². The summed E-state index contributed by atoms with van der Waals surface area (Å²) in [4.78, 5) is 19.9. The molecule has 5 nitrogen and oxygen atoms in total. The Labute approximate surface area is 237 Å². The van der Waals surface area contributed by atoms with Gasteiger partial charge in [0.2, 0.25) is 0 Å². The van der Waals surface area contributed by atoms with Crippen molar-refractivity contribution in [2.45, 2.75) is 13.5 Å². The van der Waals surface area contributed by atoms with E-state index in [9.17, 15) is 4.79 Å². The van der Waals surface area contributed by atoms with Crippen LogP contribution in [0.15, 0.2) is 69.0 Å². The Morgan fingerprint density at radius 1 is 1.06 bits per heavy atom. The summed E-state index contributed by atoms with van der Waals surface area (Å²) in [6.45, 7) is 2.64. The van der Waals surface area contributed by atoms with Gasteiger partial charge in [-0.3, -0.25) is 9.69 Å². The number of amidine groups is 1. The minimum absolute atomic E-state index is 0.111. The lowest BCUT2D eigenvalue weighted by Gasteiger charge is -2.13. The number of likely N-dealkylation sites (N-methyl/N-ethyl adjacent to an activating group) is 1. The third-order valence-electron chi connectivity index (χ3n) is 5.21. The quantitative estimate of drug-likeness (QED) is 0.247. The lowest BCUT2D eigenvalue weighted by Crippen LogP contribution is -2.28. The van der Waals surface area contributed by atoms with E-state index in [4.69, 9.17) is 44.3 Å². The Hall–Kier alpha value is -2.16. The van der Waals surface area contributed by atoms with E-state index in [1.807, 2.05) is 37.3 Å². The predicted molar refractivity (Wildman–Crippen MR) is 153 cm³/mol. The Balaban J connectivity index is 1.55. The number of amides is 1. The second kappa shape index (κ2) is 11.9. The molecule has 0 aliphatic carbocycles. The van der Waals surface area contributed by atoms with Crippen molar-refractivity contribution in [2.75, 3.05) is 13.7 Å². The Kier molecular flexibility index (Phi) is 8.91. The van der Waals surface area contributed by atoms with Gasteiger partial charge in [-0.25, -0.2) is 4.99 Å². The Bertz CT molecular complexity index is 1340. The van der Waals surface area contributed by atoms with E-state index in [2.05, 4.69) is 20.9 Å². The van der Waals surface area contributed by atoms with Crippen LogP contribution in [-0.2, 0) is 11.4 Å². The number of nitrogens with zero attached hydrogens (tertiary/aromatic N) is 2. The van der Waals surface area contributed by atoms with Crippen LogP contribution in [0.3, 0.4) is 0 Å². The molecule has 0 atom stereocenters. The summed E-state index contributed by atoms with van der Waals surface area (Å²) in [5.74, 6) is 1.11. The minimum atomic E-state index is -0.111. The fourth-order valence-corrected chi connectivity index (χ4v) is 5.89. The molecule has 10 heteroatoms. The zero-order valence-corrected chi connectivity index (χ0v) is 23.9. The summed E-state index contributed by atoms with van der Waals surface area (Å²) in [7, 11) is 1.61. The maximum absolute atomic E-state index is 13.0. The molecule has 0 spiro atoms. The third kappa shape index (κ3) is 6.21. The molecule has 1 heterocycles. The summed E-state index contributed by atoms with van der Waals surface area (Å²) in [6, 6.07) is 16.2. The van der Waals surface area contributed by atoms with Crippen molar-refractivity contribution in [3.05, 3.63) is 90.2 Å². The molecule has 4 rings (SSSR count). The van der Waals surface area contributed by atoms with Gasteiger partial charge in [0.1, 0.15) is 12.4 Å². The first kappa shape index (κ1) is 26.9. The van der Waals surface area contributed by atoms with Gasteiger partial charge in [-0.2, -0.15) is 0 Å². The van der Waals surface area contributed by atoms with E-state index in [-0.39, 0.29) is 12.5 Å². The highest BCUT2D eigenvalue weighted by molar-refractivity contribution is 9.10. The second-order valence-electron chi connectivity index (χ2n) is 7.59. The van der Waals surface area contributed by atoms with Crippen LogP contribution in [0.1, 0.15) is 18.1 Å². The van der Waals surface area contributed by atoms with Gasteiger partial charge in [-0.15, -0.1) is 0 Å². The van der Waals surface area contributed by atoms with Gasteiger partial charge in [0.15, 0.2) is 10.9 Å². The number of hydrogen-bond acceptors (Lipinski definition) is 5. The van der Waals surface area contributed by atoms with Crippen LogP contribution in [0.4, 0.5) is 5.69 Å². The van der Waals surface area contributed by atoms with Gasteiger partial charge in [0.05, 0.1) is 27.2 Å². The van der Waals surface area contributed by atoms with Gasteiger partial charge in [-0.1, -0.05) is 40.9 Å². The first-order valence-electron chi connectivity index (χ1n) is 10.8. The average Bonchev–Trinajstić information content (AvgIpc) is 3.13. The number of carbonyl (C=O) groups is 1. The van der Waals surface area contributed by atoms with Crippen LogP contribution in [0.2, 0.25) is 15.1 Å². The molecule has 36 heavy (non-hydrogen) atoms. The van der Waals surface area contributed by atoms with E-state index < -0.39 is 0 Å². The number of thioether (sulfide) groups is 1. The smallest absolute Gasteiger partial charge is 0.266 e. The molecule has 0 bridgehead atoms. The van der Waals surface area contributed by atoms with Crippen molar-refractivity contribution in [3.8, 4) is 11.5 Å². The highest BCUT2D eigenvalue weighted by Crippen LogP contribution is 2.39. The van der Waals surface area contributed by atoms with Crippen LogP contribution in [0, 0.1) is 0 Å². The third-order valence-corrected chi connectivity index (χ3v) is 7.67. The zero-order chi connectivity index (χ0) is 25.8. The van der Waals surface area contributed by atoms with E-state index in [0.717, 1.165) is 22.6 Å². The molecule has 1 aliphatic heterocycles. The molecule has 0 saturated carbocycles. The number of aliphatic imine (C=N–C) groups is 1. The molecule has 1 fully saturated rings. The number of hydrogen-bond donors (Lipinski definition) is 0. The first-order chi connectivity index (χ1) is 17.3. The normalized spacial score (nSPS) is 15.7. The van der Waals surface area contributed by atoms with Crippen molar-refractivity contribution in [3.63, 3.8) is 0 Å². The summed E-state index contributed by atoms with van der Waals surface area (Å²) in [6.07, 6.45) is 1.79. The summed E-state index contributed by atoms with van der Waals surface area (Å²) < 4.78 is 11.8. The molecule has 1 aliphatic rings. The SMILES string of the molecule is CCN1C(=O)/C(=C\c2cc(Cl)c(OCc3ccc(Cl)cc3Cl)c(Br)c2)SC1=Nc1ccc(OC)cc1. The van der Waals surface area contributed by atoms with Crippen LogP contribution in [0.25, 0.3) is 6.08 Å². The van der Waals surface area contributed by atoms with Crippen molar-refractivity contribution in [2.24, 2.45) is 4.99 Å². The number of ether oxygens (including phenoxy) is 2. The molecule has 0 unspecified atom stereocenters. The molecule has 3 aromatic rings. The van der Waals surface area contributed by atoms with Crippen molar-refractivity contribution in [1.29, 1.82) is 0 Å². The molecule has 0 aromatic heterocycles. The first-order valence-corrected chi connectivity index (χ1v) is 13.5. The molecule has 0 radical (unpaired) electrons. The Morgan fingerprint density at radius 2 is 1.81 bits per heavy atom. The van der Waals surface area contributed by atoms with Gasteiger partial charge in [0.25, 0.3) is 5.91 Å². The van der Waals surface area contributed by atoms with Crippen molar-refractivity contribution in [1.82, 2.24) is 4.90 Å². The molecule has 0 N–H and O–H groups in total. The molecule has 1 amide bonds. The highest BCUT2D eigenvalue weighted by atomic mass is 79.9. The van der Waals surface area contributed by atoms with Gasteiger partial charge in [0, 0.05) is 22.2 Å². The summed E-state index contributed by atoms with van der Waals surface area (Å²) in [5.41, 5.74) is 2.27. The van der Waals surface area contributed by atoms with Gasteiger partial charge >= 0.3 is 0 Å². The monoisotopic (exact) mass is 624 g/mol. The summed E-state index contributed by atoms with van der Waals surface area (Å²) in [5, 5.41) is 2.08. The zero-order valence-electron chi connectivity index (χ0n) is 19.2. The van der Waals surface area contributed by atoms with Crippen LogP contribution >= 0.6 is 62.5 Å². The van der Waals surface area contributed by atoms with Crippen LogP contribution in [-0.4, -0.2) is 29.6 Å². The fraction of sp³-hybridized carbons (Fsp3) is 0.154. The number of carbonyl (C=O) groups excluding carboxylic acids is 1. The van der Waals surface area contributed by atoms with E-state index in [1.54, 1.807) is 42.4 Å². The molecular formula is C26H20BrCl3N2O3S. The molecular weight excluding hydrogens is 607 g/mol. The topological polar surface area (TPSA) is 51.1 Å². The number of benzene rings is 3. The largest absolute Gasteiger partial charge is 0.497 e. The molecule has 3 aromatic carbocycles. The highest BCUT2D eigenvalue weighted by Gasteiger charge is 2.32. The maximum atomic E-state index is 13.0. The standard InChI is InChI=1S/C26H20BrCl3N2O3S/c1-3-32-25(33)23(36-26(32)31-18-6-8-19(34-2)9-7-18)12-15-10-20(27)24(22(30)11-15)35-14-16-4-5-17(28)13-21(16)29/h4-13H,3,14H2,1-2H3/b23-12+,31-26?. The second-order valence-corrected chi connectivity index (χ2v) is 10.7. The van der Waals surface area contributed by atoms with Crippen LogP contribution in [0.5, 0.6) is 11.5 Å². The molecule has 1 saturated heterocycles. The number of methoxy groups -OCH3 is 1. The number of halogens is 4. The van der Waals surface area contributed by atoms with Crippen molar-refractivity contribution < 1.29 is 14.3 Å². The summed E-state index contributed by atoms with van der Waals surface area (Å²) >= 11 is 23.6. The van der Waals surface area contributed by atoms with Crippen molar-refractivity contribution >= 4 is 85.3 Å². The fourth-order valence-electron chi connectivity index (χ4n) is 3.38. The van der Waals surface area contributed by atoms with E-state index >= 15 is 0 Å².